The van der Waals surface area contributed by atoms with E-state index < -0.39 is 11.7 Å². The van der Waals surface area contributed by atoms with Gasteiger partial charge in [-0.05, 0) is 50.6 Å². The first-order valence-electron chi connectivity index (χ1n) is 9.37. The molecule has 146 valence electrons. The number of hydrogen-bond acceptors (Lipinski definition) is 3. The van der Waals surface area contributed by atoms with Gasteiger partial charge in [-0.25, -0.2) is 4.68 Å². The van der Waals surface area contributed by atoms with Crippen LogP contribution < -0.4 is 5.32 Å². The molecule has 8 heteroatoms. The maximum Gasteiger partial charge on any atom is 0.418 e. The van der Waals surface area contributed by atoms with Gasteiger partial charge in [-0.2, -0.15) is 18.3 Å². The molecule has 0 bridgehead atoms. The molecule has 1 aromatic carbocycles. The number of halogens is 4. The molecule has 0 spiro atoms. The molecule has 1 fully saturated rings. The van der Waals surface area contributed by atoms with Gasteiger partial charge in [-0.1, -0.05) is 18.0 Å². The van der Waals surface area contributed by atoms with Crippen LogP contribution in [0.25, 0.3) is 5.69 Å². The fourth-order valence-electron chi connectivity index (χ4n) is 3.99. The summed E-state index contributed by atoms with van der Waals surface area (Å²) >= 11 is 5.82. The molecule has 0 radical (unpaired) electrons. The van der Waals surface area contributed by atoms with E-state index in [4.69, 9.17) is 11.6 Å². The molecule has 2 aliphatic rings. The highest BCUT2D eigenvalue weighted by Crippen LogP contribution is 2.38. The summed E-state index contributed by atoms with van der Waals surface area (Å²) in [5.41, 5.74) is 1.18. The van der Waals surface area contributed by atoms with Crippen LogP contribution in [0.1, 0.15) is 36.1 Å². The van der Waals surface area contributed by atoms with E-state index in [0.717, 1.165) is 56.3 Å². The molecule has 0 atom stereocenters. The number of anilines is 1. The Morgan fingerprint density at radius 3 is 2.67 bits per heavy atom. The summed E-state index contributed by atoms with van der Waals surface area (Å²) in [4.78, 5) is 2.42. The Balaban J connectivity index is 1.67. The van der Waals surface area contributed by atoms with Crippen molar-refractivity contribution in [1.29, 1.82) is 0 Å². The molecular formula is C19H22ClF3N4. The predicted molar refractivity (Wildman–Crippen MR) is 99.8 cm³/mol. The summed E-state index contributed by atoms with van der Waals surface area (Å²) in [6.07, 6.45) is 0.764. The average Bonchev–Trinajstić information content (AvgIpc) is 3.23. The van der Waals surface area contributed by atoms with Gasteiger partial charge in [0, 0.05) is 30.1 Å². The molecule has 0 aliphatic carbocycles. The van der Waals surface area contributed by atoms with Gasteiger partial charge in [0.1, 0.15) is 5.82 Å². The van der Waals surface area contributed by atoms with E-state index in [1.807, 2.05) is 0 Å². The molecule has 0 saturated carbocycles. The van der Waals surface area contributed by atoms with Crippen molar-refractivity contribution in [2.75, 3.05) is 31.5 Å². The van der Waals surface area contributed by atoms with E-state index in [-0.39, 0.29) is 10.7 Å². The molecule has 3 heterocycles. The highest BCUT2D eigenvalue weighted by Gasteiger charge is 2.36. The zero-order valence-corrected chi connectivity index (χ0v) is 15.7. The first kappa shape index (κ1) is 18.6. The predicted octanol–water partition coefficient (Wildman–Crippen LogP) is 4.54. The largest absolute Gasteiger partial charge is 0.418 e. The lowest BCUT2D eigenvalue weighted by Crippen LogP contribution is -2.31. The van der Waals surface area contributed by atoms with Crippen LogP contribution in [-0.4, -0.2) is 40.9 Å². The molecule has 2 aromatic rings. The molecule has 1 aromatic heterocycles. The molecule has 4 nitrogen and oxygen atoms in total. The summed E-state index contributed by atoms with van der Waals surface area (Å²) in [5, 5.41) is 7.84. The average molecular weight is 399 g/mol. The second-order valence-corrected chi connectivity index (χ2v) is 7.61. The van der Waals surface area contributed by atoms with Crippen molar-refractivity contribution in [2.45, 2.75) is 38.3 Å². The monoisotopic (exact) mass is 398 g/mol. The summed E-state index contributed by atoms with van der Waals surface area (Å²) in [7, 11) is 0. The SMILES string of the molecule is FC(F)(F)c1cc(Cl)ccc1-n1nc(CCN2CCCCC2)c2c1NCC2. The fourth-order valence-corrected chi connectivity index (χ4v) is 4.16. The summed E-state index contributed by atoms with van der Waals surface area (Å²) < 4.78 is 42.0. The number of hydrogen-bond donors (Lipinski definition) is 1. The number of alkyl halides is 3. The lowest BCUT2D eigenvalue weighted by molar-refractivity contribution is -0.137. The summed E-state index contributed by atoms with van der Waals surface area (Å²) in [6, 6.07) is 3.84. The first-order chi connectivity index (χ1) is 12.9. The fraction of sp³-hybridized carbons (Fsp3) is 0.526. The third kappa shape index (κ3) is 3.80. The molecule has 0 amide bonds. The second kappa shape index (κ2) is 7.36. The molecule has 27 heavy (non-hydrogen) atoms. The van der Waals surface area contributed by atoms with Gasteiger partial charge in [-0.15, -0.1) is 0 Å². The van der Waals surface area contributed by atoms with E-state index in [9.17, 15) is 13.2 Å². The molecule has 2 aliphatic heterocycles. The first-order valence-corrected chi connectivity index (χ1v) is 9.75. The standard InChI is InChI=1S/C19H22ClF3N4/c20-13-4-5-17(15(12-13)19(21,22)23)27-18-14(6-8-24-18)16(25-27)7-11-26-9-2-1-3-10-26/h4-5,12,24H,1-3,6-11H2. The topological polar surface area (TPSA) is 33.1 Å². The Morgan fingerprint density at radius 2 is 1.93 bits per heavy atom. The zero-order valence-electron chi connectivity index (χ0n) is 14.9. The van der Waals surface area contributed by atoms with Gasteiger partial charge in [0.2, 0.25) is 0 Å². The van der Waals surface area contributed by atoms with E-state index in [1.54, 1.807) is 0 Å². The van der Waals surface area contributed by atoms with E-state index in [2.05, 4.69) is 15.3 Å². The highest BCUT2D eigenvalue weighted by atomic mass is 35.5. The van der Waals surface area contributed by atoms with Crippen LogP contribution in [0.3, 0.4) is 0 Å². The smallest absolute Gasteiger partial charge is 0.369 e. The van der Waals surface area contributed by atoms with Crippen molar-refractivity contribution in [3.05, 3.63) is 40.0 Å². The summed E-state index contributed by atoms with van der Waals surface area (Å²) in [6.45, 7) is 3.81. The van der Waals surface area contributed by atoms with Crippen molar-refractivity contribution in [1.82, 2.24) is 14.7 Å². The maximum absolute atomic E-state index is 13.5. The molecular weight excluding hydrogens is 377 g/mol. The van der Waals surface area contributed by atoms with Crippen molar-refractivity contribution >= 4 is 17.4 Å². The zero-order chi connectivity index (χ0) is 19.0. The number of nitrogens with one attached hydrogen (secondary N) is 1. The third-order valence-corrected chi connectivity index (χ3v) is 5.57. The minimum atomic E-state index is -4.49. The van der Waals surface area contributed by atoms with Crippen LogP contribution in [0.5, 0.6) is 0 Å². The Labute approximate surface area is 161 Å². The quantitative estimate of drug-likeness (QED) is 0.820. The lowest BCUT2D eigenvalue weighted by atomic mass is 10.1. The van der Waals surface area contributed by atoms with E-state index in [0.29, 0.717) is 5.82 Å². The van der Waals surface area contributed by atoms with Gasteiger partial charge in [0.25, 0.3) is 0 Å². The Morgan fingerprint density at radius 1 is 1.15 bits per heavy atom. The number of likely N-dealkylation sites (tertiary alicyclic amines) is 1. The van der Waals surface area contributed by atoms with Crippen LogP contribution in [0, 0.1) is 0 Å². The van der Waals surface area contributed by atoms with Gasteiger partial charge in [-0.3, -0.25) is 0 Å². The number of fused-ring (bicyclic) bond motifs is 1. The number of rotatable bonds is 4. The molecule has 1 saturated heterocycles. The molecule has 1 N–H and O–H groups in total. The van der Waals surface area contributed by atoms with Crippen molar-refractivity contribution in [3.63, 3.8) is 0 Å². The Bertz CT molecular complexity index is 825. The Kier molecular flexibility index (Phi) is 5.07. The Hall–Kier alpha value is -1.73. The van der Waals surface area contributed by atoms with Crippen molar-refractivity contribution in [3.8, 4) is 5.69 Å². The molecule has 0 unspecified atom stereocenters. The van der Waals surface area contributed by atoms with Gasteiger partial charge in [0.05, 0.1) is 16.9 Å². The molecule has 4 rings (SSSR count). The number of benzene rings is 1. The van der Waals surface area contributed by atoms with Crippen LogP contribution in [-0.2, 0) is 19.0 Å². The number of aromatic nitrogens is 2. The van der Waals surface area contributed by atoms with Crippen molar-refractivity contribution < 1.29 is 13.2 Å². The van der Waals surface area contributed by atoms with E-state index >= 15 is 0 Å². The maximum atomic E-state index is 13.5. The highest BCUT2D eigenvalue weighted by molar-refractivity contribution is 6.30. The van der Waals surface area contributed by atoms with Crippen LogP contribution in [0.15, 0.2) is 18.2 Å². The van der Waals surface area contributed by atoms with Crippen LogP contribution >= 0.6 is 11.6 Å². The van der Waals surface area contributed by atoms with Gasteiger partial charge >= 0.3 is 6.18 Å². The van der Waals surface area contributed by atoms with Crippen LogP contribution in [0.2, 0.25) is 5.02 Å². The minimum Gasteiger partial charge on any atom is -0.369 e. The van der Waals surface area contributed by atoms with Crippen molar-refractivity contribution in [2.24, 2.45) is 0 Å². The van der Waals surface area contributed by atoms with Gasteiger partial charge < -0.3 is 10.2 Å². The number of piperidine rings is 1. The number of nitrogens with zero attached hydrogens (tertiary/aromatic N) is 3. The normalized spacial score (nSPS) is 17.8. The summed E-state index contributed by atoms with van der Waals surface area (Å²) in [5.74, 6) is 0.677. The lowest BCUT2D eigenvalue weighted by Gasteiger charge is -2.26. The van der Waals surface area contributed by atoms with E-state index in [1.165, 1.54) is 36.1 Å². The van der Waals surface area contributed by atoms with Crippen LogP contribution in [0.4, 0.5) is 19.0 Å². The second-order valence-electron chi connectivity index (χ2n) is 7.17. The minimum absolute atomic E-state index is 0.0155. The van der Waals surface area contributed by atoms with Gasteiger partial charge in [0.15, 0.2) is 0 Å². The third-order valence-electron chi connectivity index (χ3n) is 5.34.